The molecule has 1 rings (SSSR count). The fourth-order valence-corrected chi connectivity index (χ4v) is 0.530. The minimum absolute atomic E-state index is 0.494. The minimum atomic E-state index is 0.494. The van der Waals surface area contributed by atoms with Crippen LogP contribution in [0.3, 0.4) is 0 Å². The van der Waals surface area contributed by atoms with E-state index >= 15 is 0 Å². The average molecular weight is 73.2 g/mol. The molecular formula is C2H7NSi. The molecule has 1 nitrogen and oxygen atoms in total. The topological polar surface area (TPSA) is 12.0 Å². The first-order chi connectivity index (χ1) is 2.00. The van der Waals surface area contributed by atoms with Crippen molar-refractivity contribution in [3.8, 4) is 0 Å². The molecule has 4 heavy (non-hydrogen) atoms. The standard InChI is InChI=1S/C2H7NSi/c1-3-2-4-1/h3H,1-2,4H2. The predicted molar refractivity (Wildman–Crippen MR) is 21.4 cm³/mol. The van der Waals surface area contributed by atoms with Crippen molar-refractivity contribution in [2.75, 3.05) is 12.3 Å². The third-order valence-electron chi connectivity index (χ3n) is 0.707. The normalized spacial score (nSPS) is 24.0. The lowest BCUT2D eigenvalue weighted by molar-refractivity contribution is 0.843. The van der Waals surface area contributed by atoms with Gasteiger partial charge in [-0.15, -0.1) is 0 Å². The van der Waals surface area contributed by atoms with Gasteiger partial charge in [0, 0.05) is 0 Å². The first kappa shape index (κ1) is 2.42. The quantitative estimate of drug-likeness (QED) is 0.350. The second-order valence-electron chi connectivity index (χ2n) is 1.10. The van der Waals surface area contributed by atoms with Crippen molar-refractivity contribution in [3.05, 3.63) is 0 Å². The second kappa shape index (κ2) is 0.863. The lowest BCUT2D eigenvalue weighted by atomic mass is 11.2. The summed E-state index contributed by atoms with van der Waals surface area (Å²) in [6, 6.07) is 0. The van der Waals surface area contributed by atoms with E-state index < -0.39 is 0 Å². The predicted octanol–water partition coefficient (Wildman–Crippen LogP) is -1.33. The van der Waals surface area contributed by atoms with Gasteiger partial charge in [0.25, 0.3) is 0 Å². The molecule has 0 spiro atoms. The fourth-order valence-electron chi connectivity index (χ4n) is 0.177. The van der Waals surface area contributed by atoms with Gasteiger partial charge in [-0.1, -0.05) is 0 Å². The van der Waals surface area contributed by atoms with Crippen LogP contribution < -0.4 is 5.32 Å². The Kier molecular flexibility index (Phi) is 0.521. The zero-order valence-corrected chi connectivity index (χ0v) is 4.04. The molecule has 0 aromatic carbocycles. The molecule has 1 aliphatic rings. The molecule has 0 bridgehead atoms. The van der Waals surface area contributed by atoms with Gasteiger partial charge in [0.2, 0.25) is 0 Å². The summed E-state index contributed by atoms with van der Waals surface area (Å²) in [6.07, 6.45) is 2.78. The SMILES string of the molecule is C1NC[SiH2]1. The van der Waals surface area contributed by atoms with Crippen molar-refractivity contribution in [2.24, 2.45) is 0 Å². The highest BCUT2D eigenvalue weighted by Crippen LogP contribution is 1.64. The summed E-state index contributed by atoms with van der Waals surface area (Å²) in [6.45, 7) is 0. The molecule has 1 aliphatic heterocycles. The van der Waals surface area contributed by atoms with Crippen molar-refractivity contribution in [2.45, 2.75) is 0 Å². The number of hydrogen-bond donors (Lipinski definition) is 1. The Balaban J connectivity index is 2.00. The molecule has 0 aromatic rings. The van der Waals surface area contributed by atoms with E-state index in [9.17, 15) is 0 Å². The molecule has 0 amide bonds. The number of nitrogens with one attached hydrogen (secondary N) is 1. The Bertz CT molecular complexity index is 14.0. The van der Waals surface area contributed by atoms with Gasteiger partial charge in [-0.3, -0.25) is 0 Å². The summed E-state index contributed by atoms with van der Waals surface area (Å²) in [5.74, 6) is 0. The fraction of sp³-hybridized carbons (Fsp3) is 1.00. The zero-order valence-electron chi connectivity index (χ0n) is 2.62. The largest absolute Gasteiger partial charge is 0.323 e. The van der Waals surface area contributed by atoms with Crippen LogP contribution in [0.5, 0.6) is 0 Å². The van der Waals surface area contributed by atoms with Gasteiger partial charge in [0.15, 0.2) is 0 Å². The average Bonchev–Trinajstić information content (AvgIpc) is 0.722. The van der Waals surface area contributed by atoms with Crippen LogP contribution in [0.2, 0.25) is 0 Å². The van der Waals surface area contributed by atoms with E-state index in [0.717, 1.165) is 0 Å². The van der Waals surface area contributed by atoms with Gasteiger partial charge in [-0.05, 0) is 12.3 Å². The van der Waals surface area contributed by atoms with Crippen LogP contribution >= 0.6 is 0 Å². The molecule has 1 fully saturated rings. The van der Waals surface area contributed by atoms with E-state index in [2.05, 4.69) is 5.32 Å². The van der Waals surface area contributed by atoms with Gasteiger partial charge in [-0.25, -0.2) is 0 Å². The molecule has 1 saturated heterocycles. The van der Waals surface area contributed by atoms with Crippen molar-refractivity contribution in [1.82, 2.24) is 5.32 Å². The lowest BCUT2D eigenvalue weighted by Gasteiger charge is -2.08. The van der Waals surface area contributed by atoms with Crippen LogP contribution in [0.15, 0.2) is 0 Å². The number of hydrogen-bond acceptors (Lipinski definition) is 1. The van der Waals surface area contributed by atoms with E-state index in [4.69, 9.17) is 0 Å². The first-order valence-electron chi connectivity index (χ1n) is 1.71. The van der Waals surface area contributed by atoms with Crippen molar-refractivity contribution < 1.29 is 0 Å². The third-order valence-corrected chi connectivity index (χ3v) is 2.12. The Morgan fingerprint density at radius 3 is 1.75 bits per heavy atom. The summed E-state index contributed by atoms with van der Waals surface area (Å²) in [5, 5.41) is 3.17. The van der Waals surface area contributed by atoms with E-state index in [1.54, 1.807) is 0 Å². The van der Waals surface area contributed by atoms with Crippen molar-refractivity contribution >= 4 is 9.52 Å². The zero-order chi connectivity index (χ0) is 2.83. The molecule has 0 aromatic heterocycles. The highest BCUT2D eigenvalue weighted by molar-refractivity contribution is 6.39. The summed E-state index contributed by atoms with van der Waals surface area (Å²) in [7, 11) is 0.494. The van der Waals surface area contributed by atoms with Gasteiger partial charge < -0.3 is 5.32 Å². The summed E-state index contributed by atoms with van der Waals surface area (Å²) < 4.78 is 0. The van der Waals surface area contributed by atoms with Gasteiger partial charge in [-0.2, -0.15) is 0 Å². The molecule has 24 valence electrons. The molecule has 2 heteroatoms. The van der Waals surface area contributed by atoms with Crippen LogP contribution in [0.4, 0.5) is 0 Å². The maximum Gasteiger partial charge on any atom is 0.0526 e. The van der Waals surface area contributed by atoms with Crippen LogP contribution in [0, 0.1) is 0 Å². The second-order valence-corrected chi connectivity index (χ2v) is 2.81. The molecule has 0 saturated carbocycles. The third kappa shape index (κ3) is 0.173. The number of rotatable bonds is 0. The van der Waals surface area contributed by atoms with E-state index in [0.29, 0.717) is 9.52 Å². The highest BCUT2D eigenvalue weighted by atomic mass is 28.2. The summed E-state index contributed by atoms with van der Waals surface area (Å²) >= 11 is 0. The van der Waals surface area contributed by atoms with E-state index in [1.165, 1.54) is 12.3 Å². The van der Waals surface area contributed by atoms with Crippen LogP contribution in [-0.4, -0.2) is 21.9 Å². The van der Waals surface area contributed by atoms with Gasteiger partial charge in [0.1, 0.15) is 0 Å². The highest BCUT2D eigenvalue weighted by Gasteiger charge is 1.93. The Labute approximate surface area is 28.2 Å². The maximum absolute atomic E-state index is 3.17. The summed E-state index contributed by atoms with van der Waals surface area (Å²) in [5.41, 5.74) is 0. The van der Waals surface area contributed by atoms with Gasteiger partial charge in [0.05, 0.1) is 9.52 Å². The van der Waals surface area contributed by atoms with Crippen LogP contribution in [0.1, 0.15) is 0 Å². The molecule has 0 aliphatic carbocycles. The molecule has 0 radical (unpaired) electrons. The van der Waals surface area contributed by atoms with Crippen molar-refractivity contribution in [3.63, 3.8) is 0 Å². The Hall–Kier alpha value is 0.177. The smallest absolute Gasteiger partial charge is 0.0526 e. The maximum atomic E-state index is 3.17. The van der Waals surface area contributed by atoms with Crippen LogP contribution in [-0.2, 0) is 0 Å². The first-order valence-corrected chi connectivity index (χ1v) is 3.71. The van der Waals surface area contributed by atoms with Crippen LogP contribution in [0.25, 0.3) is 0 Å². The Morgan fingerprint density at radius 2 is 1.75 bits per heavy atom. The molecule has 1 N–H and O–H groups in total. The van der Waals surface area contributed by atoms with Crippen molar-refractivity contribution in [1.29, 1.82) is 0 Å². The minimum Gasteiger partial charge on any atom is -0.323 e. The van der Waals surface area contributed by atoms with E-state index in [1.807, 2.05) is 0 Å². The monoisotopic (exact) mass is 73.0 g/mol. The molecule has 0 unspecified atom stereocenters. The molecular weight excluding hydrogens is 66.1 g/mol. The molecule has 0 atom stereocenters. The van der Waals surface area contributed by atoms with E-state index in [-0.39, 0.29) is 0 Å². The summed E-state index contributed by atoms with van der Waals surface area (Å²) in [4.78, 5) is 0. The van der Waals surface area contributed by atoms with Gasteiger partial charge >= 0.3 is 0 Å². The lowest BCUT2D eigenvalue weighted by Crippen LogP contribution is -2.39. The molecule has 1 heterocycles. The Morgan fingerprint density at radius 1 is 1.50 bits per heavy atom.